The maximum absolute atomic E-state index is 13.0. The largest absolute Gasteiger partial charge is 0.505 e. The minimum atomic E-state index is -0.632. The molecule has 0 atom stereocenters. The third-order valence-corrected chi connectivity index (χ3v) is 3.34. The van der Waals surface area contributed by atoms with Crippen LogP contribution in [0.15, 0.2) is 28.8 Å². The van der Waals surface area contributed by atoms with Gasteiger partial charge in [0, 0.05) is 17.5 Å². The number of carbonyl (C=O) groups is 1. The van der Waals surface area contributed by atoms with Crippen molar-refractivity contribution in [1.29, 1.82) is 0 Å². The van der Waals surface area contributed by atoms with Gasteiger partial charge in [0.15, 0.2) is 11.5 Å². The molecule has 0 amide bonds. The maximum Gasteiger partial charge on any atom is 0.359 e. The second-order valence-electron chi connectivity index (χ2n) is 3.42. The standard InChI is InChI=1S/C11H10FNO3S/c1-13-9(11(15)16-2)10(14)7-4-3-6(12)5-8(7)17-13/h3-5,14H,1-2H3. The van der Waals surface area contributed by atoms with Crippen LogP contribution in [0.4, 0.5) is 4.39 Å². The second kappa shape index (κ2) is 4.29. The number of esters is 1. The fraction of sp³-hybridized carbons (Fsp3) is 0.182. The quantitative estimate of drug-likeness (QED) is 0.615. The second-order valence-corrected chi connectivity index (χ2v) is 4.59. The summed E-state index contributed by atoms with van der Waals surface area (Å²) in [5.41, 5.74) is 0.478. The number of rotatable bonds is 1. The molecule has 1 aromatic rings. The van der Waals surface area contributed by atoms with Gasteiger partial charge in [-0.1, -0.05) is 0 Å². The zero-order chi connectivity index (χ0) is 12.6. The number of likely N-dealkylation sites (N-methyl/N-ethyl adjacent to an activating group) is 1. The Kier molecular flexibility index (Phi) is 2.97. The number of methoxy groups -OCH3 is 1. The van der Waals surface area contributed by atoms with Crippen molar-refractivity contribution < 1.29 is 19.0 Å². The lowest BCUT2D eigenvalue weighted by Crippen LogP contribution is -2.23. The van der Waals surface area contributed by atoms with E-state index in [0.717, 1.165) is 11.9 Å². The molecule has 0 aromatic heterocycles. The van der Waals surface area contributed by atoms with E-state index in [9.17, 15) is 14.3 Å². The van der Waals surface area contributed by atoms with Crippen LogP contribution in [0.3, 0.4) is 0 Å². The number of nitrogens with zero attached hydrogens (tertiary/aromatic N) is 1. The van der Waals surface area contributed by atoms with Gasteiger partial charge in [-0.05, 0) is 30.1 Å². The number of halogens is 1. The van der Waals surface area contributed by atoms with Gasteiger partial charge in [-0.2, -0.15) is 0 Å². The highest BCUT2D eigenvalue weighted by Gasteiger charge is 2.29. The first-order valence-corrected chi connectivity index (χ1v) is 5.55. The molecule has 0 bridgehead atoms. The average Bonchev–Trinajstić information content (AvgIpc) is 2.28. The summed E-state index contributed by atoms with van der Waals surface area (Å²) in [4.78, 5) is 12.0. The summed E-state index contributed by atoms with van der Waals surface area (Å²) in [6.45, 7) is 0. The van der Waals surface area contributed by atoms with Crippen molar-refractivity contribution in [2.45, 2.75) is 4.90 Å². The van der Waals surface area contributed by atoms with Crippen molar-refractivity contribution in [3.05, 3.63) is 35.3 Å². The van der Waals surface area contributed by atoms with Crippen molar-refractivity contribution in [1.82, 2.24) is 4.31 Å². The predicted octanol–water partition coefficient (Wildman–Crippen LogP) is 2.18. The van der Waals surface area contributed by atoms with Crippen LogP contribution in [0.2, 0.25) is 0 Å². The Hall–Kier alpha value is -1.69. The van der Waals surface area contributed by atoms with Gasteiger partial charge in [0.2, 0.25) is 0 Å². The van der Waals surface area contributed by atoms with Crippen molar-refractivity contribution in [3.8, 4) is 0 Å². The Morgan fingerprint density at radius 1 is 1.53 bits per heavy atom. The summed E-state index contributed by atoms with van der Waals surface area (Å²) in [7, 11) is 2.84. The Morgan fingerprint density at radius 3 is 2.88 bits per heavy atom. The molecule has 0 aliphatic carbocycles. The molecule has 1 aliphatic rings. The number of hydrogen-bond donors (Lipinski definition) is 1. The summed E-state index contributed by atoms with van der Waals surface area (Å²) in [5.74, 6) is -1.22. The number of fused-ring (bicyclic) bond motifs is 1. The molecule has 1 aliphatic heterocycles. The summed E-state index contributed by atoms with van der Waals surface area (Å²) in [5, 5.41) is 9.99. The molecule has 0 saturated carbocycles. The number of aliphatic hydroxyl groups is 1. The van der Waals surface area contributed by atoms with Gasteiger partial charge in [0.05, 0.1) is 7.11 Å². The molecule has 4 nitrogen and oxygen atoms in total. The molecule has 0 unspecified atom stereocenters. The molecule has 2 rings (SSSR count). The Labute approximate surface area is 102 Å². The monoisotopic (exact) mass is 255 g/mol. The van der Waals surface area contributed by atoms with E-state index in [1.54, 1.807) is 7.05 Å². The number of benzene rings is 1. The first-order chi connectivity index (χ1) is 8.04. The number of ether oxygens (including phenoxy) is 1. The van der Waals surface area contributed by atoms with Gasteiger partial charge < -0.3 is 14.1 Å². The highest BCUT2D eigenvalue weighted by Crippen LogP contribution is 2.39. The molecule has 1 heterocycles. The van der Waals surface area contributed by atoms with Crippen LogP contribution in [0, 0.1) is 5.82 Å². The van der Waals surface area contributed by atoms with E-state index in [-0.39, 0.29) is 17.3 Å². The van der Waals surface area contributed by atoms with Crippen molar-refractivity contribution >= 4 is 23.7 Å². The molecule has 0 saturated heterocycles. The predicted molar refractivity (Wildman–Crippen MR) is 61.6 cm³/mol. The lowest BCUT2D eigenvalue weighted by Gasteiger charge is -2.26. The fourth-order valence-electron chi connectivity index (χ4n) is 1.56. The molecule has 0 radical (unpaired) electrons. The first kappa shape index (κ1) is 11.8. The molecule has 90 valence electrons. The van der Waals surface area contributed by atoms with Crippen LogP contribution in [0.1, 0.15) is 5.56 Å². The lowest BCUT2D eigenvalue weighted by atomic mass is 10.1. The topological polar surface area (TPSA) is 49.8 Å². The average molecular weight is 255 g/mol. The highest BCUT2D eigenvalue weighted by molar-refractivity contribution is 7.97. The Morgan fingerprint density at radius 2 is 2.24 bits per heavy atom. The van der Waals surface area contributed by atoms with Gasteiger partial charge in [0.1, 0.15) is 5.82 Å². The van der Waals surface area contributed by atoms with Gasteiger partial charge in [-0.25, -0.2) is 9.18 Å². The Balaban J connectivity index is 2.57. The molecule has 6 heteroatoms. The smallest absolute Gasteiger partial charge is 0.359 e. The molecular formula is C11H10FNO3S. The third kappa shape index (κ3) is 1.95. The van der Waals surface area contributed by atoms with Crippen LogP contribution in [0.25, 0.3) is 5.76 Å². The van der Waals surface area contributed by atoms with E-state index >= 15 is 0 Å². The molecule has 0 spiro atoms. The SMILES string of the molecule is COC(=O)C1=C(O)c2ccc(F)cc2SN1C. The molecule has 17 heavy (non-hydrogen) atoms. The van der Waals surface area contributed by atoms with Crippen molar-refractivity contribution in [2.24, 2.45) is 0 Å². The third-order valence-electron chi connectivity index (χ3n) is 2.35. The molecule has 1 N–H and O–H groups in total. The summed E-state index contributed by atoms with van der Waals surface area (Å²) in [6, 6.07) is 3.97. The van der Waals surface area contributed by atoms with E-state index < -0.39 is 5.97 Å². The van der Waals surface area contributed by atoms with Crippen LogP contribution < -0.4 is 0 Å². The first-order valence-electron chi connectivity index (χ1n) is 4.77. The van der Waals surface area contributed by atoms with E-state index in [2.05, 4.69) is 4.74 Å². The van der Waals surface area contributed by atoms with E-state index in [1.807, 2.05) is 0 Å². The minimum absolute atomic E-state index is 0.0524. The lowest BCUT2D eigenvalue weighted by molar-refractivity contribution is -0.137. The van der Waals surface area contributed by atoms with E-state index in [1.165, 1.54) is 29.6 Å². The van der Waals surface area contributed by atoms with Gasteiger partial charge >= 0.3 is 5.97 Å². The maximum atomic E-state index is 13.0. The normalized spacial score (nSPS) is 14.6. The van der Waals surface area contributed by atoms with Gasteiger partial charge in [-0.15, -0.1) is 0 Å². The molecule has 1 aromatic carbocycles. The Bertz CT molecular complexity index is 515. The molecular weight excluding hydrogens is 245 g/mol. The fourth-order valence-corrected chi connectivity index (χ4v) is 2.53. The summed E-state index contributed by atoms with van der Waals surface area (Å²) < 4.78 is 19.1. The van der Waals surface area contributed by atoms with Crippen molar-refractivity contribution in [3.63, 3.8) is 0 Å². The van der Waals surface area contributed by atoms with Gasteiger partial charge in [0.25, 0.3) is 0 Å². The van der Waals surface area contributed by atoms with Crippen LogP contribution in [-0.2, 0) is 9.53 Å². The zero-order valence-corrected chi connectivity index (χ0v) is 10.0. The highest BCUT2D eigenvalue weighted by atomic mass is 32.2. The summed E-state index contributed by atoms with van der Waals surface area (Å²) >= 11 is 1.16. The van der Waals surface area contributed by atoms with E-state index in [0.29, 0.717) is 10.5 Å². The van der Waals surface area contributed by atoms with Crippen LogP contribution in [-0.4, -0.2) is 29.5 Å². The number of carbonyl (C=O) groups excluding carboxylic acids is 1. The number of hydrogen-bond acceptors (Lipinski definition) is 5. The molecule has 0 fully saturated rings. The van der Waals surface area contributed by atoms with Crippen LogP contribution >= 0.6 is 11.9 Å². The van der Waals surface area contributed by atoms with E-state index in [4.69, 9.17) is 0 Å². The minimum Gasteiger partial charge on any atom is -0.505 e. The summed E-state index contributed by atoms with van der Waals surface area (Å²) in [6.07, 6.45) is 0. The van der Waals surface area contributed by atoms with Gasteiger partial charge in [-0.3, -0.25) is 0 Å². The zero-order valence-electron chi connectivity index (χ0n) is 9.23. The van der Waals surface area contributed by atoms with Crippen LogP contribution in [0.5, 0.6) is 0 Å². The number of aliphatic hydroxyl groups excluding tert-OH is 1. The van der Waals surface area contributed by atoms with Crippen molar-refractivity contribution in [2.75, 3.05) is 14.2 Å².